The minimum absolute atomic E-state index is 0.0855. The lowest BCUT2D eigenvalue weighted by atomic mass is 10.2. The summed E-state index contributed by atoms with van der Waals surface area (Å²) in [6.45, 7) is 1.68. The summed E-state index contributed by atoms with van der Waals surface area (Å²) in [6.07, 6.45) is 0. The van der Waals surface area contributed by atoms with Gasteiger partial charge in [0.15, 0.2) is 5.82 Å². The van der Waals surface area contributed by atoms with Gasteiger partial charge in [0, 0.05) is 8.95 Å². The monoisotopic (exact) mass is 359 g/mol. The molecule has 0 unspecified atom stereocenters. The van der Waals surface area contributed by atoms with E-state index in [1.54, 1.807) is 25.1 Å². The van der Waals surface area contributed by atoms with Crippen LogP contribution in [-0.2, 0) is 0 Å². The van der Waals surface area contributed by atoms with Gasteiger partial charge in [-0.3, -0.25) is 10.1 Å². The molecule has 1 amide bonds. The van der Waals surface area contributed by atoms with Crippen LogP contribution in [0.5, 0.6) is 0 Å². The number of hydrogen-bond donors (Lipinski definition) is 1. The van der Waals surface area contributed by atoms with Gasteiger partial charge in [-0.1, -0.05) is 21.1 Å². The van der Waals surface area contributed by atoms with E-state index in [-0.39, 0.29) is 11.9 Å². The van der Waals surface area contributed by atoms with Crippen molar-refractivity contribution in [2.45, 2.75) is 6.92 Å². The first-order valence-electron chi connectivity index (χ1n) is 4.63. The number of rotatable bonds is 2. The molecule has 17 heavy (non-hydrogen) atoms. The van der Waals surface area contributed by atoms with Crippen LogP contribution in [0.4, 0.5) is 6.01 Å². The lowest BCUT2D eigenvalue weighted by molar-refractivity contribution is 0.102. The number of aromatic nitrogens is 2. The van der Waals surface area contributed by atoms with Gasteiger partial charge in [-0.15, -0.1) is 0 Å². The topological polar surface area (TPSA) is 68.0 Å². The fraction of sp³-hybridized carbons (Fsp3) is 0.100. The van der Waals surface area contributed by atoms with Crippen molar-refractivity contribution in [3.05, 3.63) is 38.5 Å². The molecule has 2 rings (SSSR count). The third kappa shape index (κ3) is 2.92. The second-order valence-electron chi connectivity index (χ2n) is 3.23. The molecule has 0 atom stereocenters. The van der Waals surface area contributed by atoms with Gasteiger partial charge in [0.05, 0.1) is 5.56 Å². The number of amides is 1. The molecular formula is C10H7Br2N3O2. The summed E-state index contributed by atoms with van der Waals surface area (Å²) in [6, 6.07) is 5.33. The maximum Gasteiger partial charge on any atom is 0.328 e. The Hall–Kier alpha value is -1.21. The molecule has 0 radical (unpaired) electrons. The smallest absolute Gasteiger partial charge is 0.315 e. The number of anilines is 1. The highest BCUT2D eigenvalue weighted by molar-refractivity contribution is 9.11. The summed E-state index contributed by atoms with van der Waals surface area (Å²) < 4.78 is 6.37. The molecule has 0 aliphatic rings. The van der Waals surface area contributed by atoms with Crippen LogP contribution < -0.4 is 5.32 Å². The SMILES string of the molecule is Cc1noc(NC(=O)c2ccc(Br)cc2Br)n1. The van der Waals surface area contributed by atoms with Gasteiger partial charge in [-0.05, 0) is 41.1 Å². The molecule has 1 aromatic heterocycles. The van der Waals surface area contributed by atoms with E-state index in [0.29, 0.717) is 15.9 Å². The van der Waals surface area contributed by atoms with Crippen molar-refractivity contribution in [3.8, 4) is 0 Å². The minimum Gasteiger partial charge on any atom is -0.315 e. The minimum atomic E-state index is -0.312. The van der Waals surface area contributed by atoms with E-state index < -0.39 is 0 Å². The molecule has 1 N–H and O–H groups in total. The molecule has 2 aromatic rings. The van der Waals surface area contributed by atoms with E-state index in [1.165, 1.54) is 0 Å². The summed E-state index contributed by atoms with van der Waals surface area (Å²) in [5.41, 5.74) is 0.490. The van der Waals surface area contributed by atoms with Crippen LogP contribution in [0.2, 0.25) is 0 Å². The summed E-state index contributed by atoms with van der Waals surface area (Å²) >= 11 is 6.62. The number of halogens is 2. The molecule has 1 heterocycles. The normalized spacial score (nSPS) is 10.3. The highest BCUT2D eigenvalue weighted by atomic mass is 79.9. The number of carbonyl (C=O) groups is 1. The number of aryl methyl sites for hydroxylation is 1. The zero-order valence-corrected chi connectivity index (χ0v) is 11.9. The molecule has 5 nitrogen and oxygen atoms in total. The summed E-state index contributed by atoms with van der Waals surface area (Å²) in [7, 11) is 0. The first-order valence-corrected chi connectivity index (χ1v) is 6.21. The Morgan fingerprint density at radius 2 is 2.18 bits per heavy atom. The maximum absolute atomic E-state index is 11.9. The molecule has 0 saturated heterocycles. The Labute approximate surface area is 114 Å². The second-order valence-corrected chi connectivity index (χ2v) is 5.00. The third-order valence-electron chi connectivity index (χ3n) is 1.92. The molecule has 0 aliphatic heterocycles. The van der Waals surface area contributed by atoms with Crippen molar-refractivity contribution in [1.82, 2.24) is 10.1 Å². The third-order valence-corrected chi connectivity index (χ3v) is 3.07. The van der Waals surface area contributed by atoms with Crippen LogP contribution in [0.15, 0.2) is 31.7 Å². The highest BCUT2D eigenvalue weighted by Crippen LogP contribution is 2.22. The largest absolute Gasteiger partial charge is 0.328 e. The van der Waals surface area contributed by atoms with Gasteiger partial charge >= 0.3 is 6.01 Å². The second kappa shape index (κ2) is 4.97. The first-order chi connectivity index (χ1) is 8.06. The average Bonchev–Trinajstić information content (AvgIpc) is 2.63. The lowest BCUT2D eigenvalue weighted by Crippen LogP contribution is -2.12. The van der Waals surface area contributed by atoms with Crippen molar-refractivity contribution in [2.75, 3.05) is 5.32 Å². The van der Waals surface area contributed by atoms with Crippen LogP contribution in [0, 0.1) is 6.92 Å². The summed E-state index contributed by atoms with van der Waals surface area (Å²) in [5.74, 6) is 0.156. The standard InChI is InChI=1S/C10H7Br2N3O2/c1-5-13-10(17-15-5)14-9(16)7-3-2-6(11)4-8(7)12/h2-4H,1H3,(H,13,14,15,16). The van der Waals surface area contributed by atoms with E-state index in [0.717, 1.165) is 4.47 Å². The van der Waals surface area contributed by atoms with Gasteiger partial charge in [-0.2, -0.15) is 4.98 Å². The van der Waals surface area contributed by atoms with Crippen LogP contribution in [0.1, 0.15) is 16.2 Å². The fourth-order valence-electron chi connectivity index (χ4n) is 1.19. The lowest BCUT2D eigenvalue weighted by Gasteiger charge is -2.03. The Kier molecular flexibility index (Phi) is 3.58. The highest BCUT2D eigenvalue weighted by Gasteiger charge is 2.13. The van der Waals surface area contributed by atoms with Crippen LogP contribution >= 0.6 is 31.9 Å². The molecular weight excluding hydrogens is 354 g/mol. The van der Waals surface area contributed by atoms with Crippen LogP contribution in [0.25, 0.3) is 0 Å². The van der Waals surface area contributed by atoms with E-state index in [4.69, 9.17) is 4.52 Å². The zero-order chi connectivity index (χ0) is 12.4. The van der Waals surface area contributed by atoms with E-state index in [9.17, 15) is 4.79 Å². The van der Waals surface area contributed by atoms with Crippen molar-refractivity contribution >= 4 is 43.8 Å². The quantitative estimate of drug-likeness (QED) is 0.893. The van der Waals surface area contributed by atoms with E-state index in [2.05, 4.69) is 47.3 Å². The Morgan fingerprint density at radius 1 is 1.41 bits per heavy atom. The van der Waals surface area contributed by atoms with Gasteiger partial charge in [0.1, 0.15) is 0 Å². The van der Waals surface area contributed by atoms with Crippen molar-refractivity contribution < 1.29 is 9.32 Å². The number of carbonyl (C=O) groups excluding carboxylic acids is 1. The van der Waals surface area contributed by atoms with Crippen molar-refractivity contribution in [2.24, 2.45) is 0 Å². The van der Waals surface area contributed by atoms with Gasteiger partial charge in [-0.25, -0.2) is 0 Å². The van der Waals surface area contributed by atoms with Gasteiger partial charge in [0.2, 0.25) is 0 Å². The van der Waals surface area contributed by atoms with Gasteiger partial charge in [0.25, 0.3) is 5.91 Å². The summed E-state index contributed by atoms with van der Waals surface area (Å²) in [4.78, 5) is 15.8. The predicted octanol–water partition coefficient (Wildman–Crippen LogP) is 3.16. The number of hydrogen-bond acceptors (Lipinski definition) is 4. The zero-order valence-electron chi connectivity index (χ0n) is 8.70. The van der Waals surface area contributed by atoms with Gasteiger partial charge < -0.3 is 4.52 Å². The molecule has 0 spiro atoms. The van der Waals surface area contributed by atoms with E-state index >= 15 is 0 Å². The van der Waals surface area contributed by atoms with Crippen LogP contribution in [-0.4, -0.2) is 16.0 Å². The van der Waals surface area contributed by atoms with E-state index in [1.807, 2.05) is 0 Å². The summed E-state index contributed by atoms with van der Waals surface area (Å²) in [5, 5.41) is 6.09. The average molecular weight is 361 g/mol. The molecule has 88 valence electrons. The maximum atomic E-state index is 11.9. The Bertz CT molecular complexity index is 568. The number of nitrogens with one attached hydrogen (secondary N) is 1. The van der Waals surface area contributed by atoms with Crippen LogP contribution in [0.3, 0.4) is 0 Å². The Morgan fingerprint density at radius 3 is 2.76 bits per heavy atom. The molecule has 0 aliphatic carbocycles. The Balaban J connectivity index is 2.20. The molecule has 7 heteroatoms. The molecule has 0 fully saturated rings. The first kappa shape index (κ1) is 12.3. The van der Waals surface area contributed by atoms with Crippen molar-refractivity contribution in [3.63, 3.8) is 0 Å². The predicted molar refractivity (Wildman–Crippen MR) is 68.8 cm³/mol. The number of nitrogens with zero attached hydrogens (tertiary/aromatic N) is 2. The molecule has 1 aromatic carbocycles. The number of benzene rings is 1. The molecule has 0 saturated carbocycles. The van der Waals surface area contributed by atoms with Crippen molar-refractivity contribution in [1.29, 1.82) is 0 Å². The fourth-order valence-corrected chi connectivity index (χ4v) is 2.41. The molecule has 0 bridgehead atoms.